The third-order valence-corrected chi connectivity index (χ3v) is 1.41. The Morgan fingerprint density at radius 2 is 2.36 bits per heavy atom. The summed E-state index contributed by atoms with van der Waals surface area (Å²) >= 11 is 0. The molecule has 0 radical (unpaired) electrons. The van der Waals surface area contributed by atoms with Crippen LogP contribution in [0.25, 0.3) is 0 Å². The number of aliphatic hydroxyl groups is 1. The molecule has 0 rings (SSSR count). The number of nitrogens with one attached hydrogen (secondary N) is 1. The number of carbonyl (C=O) groups excluding carboxylic acids is 1. The minimum Gasteiger partial charge on any atom is -0.396 e. The molecule has 4 N–H and O–H groups in total. The van der Waals surface area contributed by atoms with Crippen molar-refractivity contribution in [3.05, 3.63) is 0 Å². The Morgan fingerprint density at radius 3 is 2.82 bits per heavy atom. The van der Waals surface area contributed by atoms with Crippen molar-refractivity contribution in [3.63, 3.8) is 0 Å². The van der Waals surface area contributed by atoms with Gasteiger partial charge in [0.1, 0.15) is 0 Å². The Kier molecular flexibility index (Phi) is 5.78. The van der Waals surface area contributed by atoms with Crippen molar-refractivity contribution in [1.29, 1.82) is 0 Å². The molecule has 0 aliphatic rings. The molecule has 11 heavy (non-hydrogen) atoms. The Bertz CT molecular complexity index is 117. The van der Waals surface area contributed by atoms with E-state index in [0.717, 1.165) is 13.0 Å². The van der Waals surface area contributed by atoms with E-state index < -0.39 is 0 Å². The lowest BCUT2D eigenvalue weighted by atomic mass is 10.1. The average Bonchev–Trinajstić information content (AvgIpc) is 1.87. The summed E-state index contributed by atoms with van der Waals surface area (Å²) in [6.45, 7) is 3.14. The molecule has 0 aromatic carbocycles. The van der Waals surface area contributed by atoms with Crippen LogP contribution in [0.4, 0.5) is 0 Å². The highest BCUT2D eigenvalue weighted by atomic mass is 16.3. The second-order valence-electron chi connectivity index (χ2n) is 2.71. The summed E-state index contributed by atoms with van der Waals surface area (Å²) in [7, 11) is 0. The first kappa shape index (κ1) is 10.4. The molecule has 0 spiro atoms. The van der Waals surface area contributed by atoms with E-state index in [0.29, 0.717) is 5.92 Å². The molecule has 0 bridgehead atoms. The minimum absolute atomic E-state index is 0.194. The summed E-state index contributed by atoms with van der Waals surface area (Å²) in [5.74, 6) is 0.0422. The molecule has 4 nitrogen and oxygen atoms in total. The third kappa shape index (κ3) is 7.29. The lowest BCUT2D eigenvalue weighted by Crippen LogP contribution is -2.31. The first-order valence-electron chi connectivity index (χ1n) is 3.76. The highest BCUT2D eigenvalue weighted by Crippen LogP contribution is 1.96. The second-order valence-corrected chi connectivity index (χ2v) is 2.71. The number of primary amides is 1. The predicted octanol–water partition coefficient (Wildman–Crippen LogP) is -0.920. The molecule has 0 aliphatic carbocycles. The largest absolute Gasteiger partial charge is 0.396 e. The first-order chi connectivity index (χ1) is 5.16. The second kappa shape index (κ2) is 6.12. The Morgan fingerprint density at radius 1 is 1.73 bits per heavy atom. The minimum atomic E-state index is -0.346. The summed E-state index contributed by atoms with van der Waals surface area (Å²) in [6, 6.07) is 0. The van der Waals surface area contributed by atoms with Crippen LogP contribution in [0.2, 0.25) is 0 Å². The van der Waals surface area contributed by atoms with Crippen LogP contribution in [-0.2, 0) is 4.79 Å². The molecule has 0 aliphatic heterocycles. The van der Waals surface area contributed by atoms with Gasteiger partial charge in [-0.15, -0.1) is 0 Å². The monoisotopic (exact) mass is 160 g/mol. The SMILES string of the molecule is CC(CCO)CNCC(N)=O. The van der Waals surface area contributed by atoms with Gasteiger partial charge in [0.25, 0.3) is 0 Å². The third-order valence-electron chi connectivity index (χ3n) is 1.41. The maximum Gasteiger partial charge on any atom is 0.231 e. The number of amides is 1. The molecule has 4 heteroatoms. The van der Waals surface area contributed by atoms with Crippen molar-refractivity contribution in [2.45, 2.75) is 13.3 Å². The molecule has 66 valence electrons. The number of rotatable bonds is 6. The van der Waals surface area contributed by atoms with Crippen molar-refractivity contribution >= 4 is 5.91 Å². The maximum atomic E-state index is 10.2. The van der Waals surface area contributed by atoms with E-state index in [4.69, 9.17) is 10.8 Å². The Balaban J connectivity index is 3.16. The molecule has 1 amide bonds. The molecule has 0 fully saturated rings. The van der Waals surface area contributed by atoms with Crippen LogP contribution in [0.1, 0.15) is 13.3 Å². The van der Waals surface area contributed by atoms with E-state index in [1.165, 1.54) is 0 Å². The van der Waals surface area contributed by atoms with Crippen LogP contribution in [-0.4, -0.2) is 30.7 Å². The quantitative estimate of drug-likeness (QED) is 0.470. The number of hydrogen-bond donors (Lipinski definition) is 3. The van der Waals surface area contributed by atoms with E-state index in [1.807, 2.05) is 6.92 Å². The first-order valence-corrected chi connectivity index (χ1v) is 3.76. The summed E-state index contributed by atoms with van der Waals surface area (Å²) in [5.41, 5.74) is 4.90. The van der Waals surface area contributed by atoms with Crippen LogP contribution in [0.3, 0.4) is 0 Å². The highest BCUT2D eigenvalue weighted by molar-refractivity contribution is 5.75. The molecular formula is C7H16N2O2. The number of carbonyl (C=O) groups is 1. The van der Waals surface area contributed by atoms with Crippen molar-refractivity contribution in [1.82, 2.24) is 5.32 Å². The van der Waals surface area contributed by atoms with Crippen molar-refractivity contribution < 1.29 is 9.90 Å². The molecular weight excluding hydrogens is 144 g/mol. The molecule has 0 aromatic heterocycles. The average molecular weight is 160 g/mol. The van der Waals surface area contributed by atoms with Crippen LogP contribution in [0.15, 0.2) is 0 Å². The smallest absolute Gasteiger partial charge is 0.231 e. The van der Waals surface area contributed by atoms with E-state index in [2.05, 4.69) is 5.32 Å². The van der Waals surface area contributed by atoms with Crippen LogP contribution in [0, 0.1) is 5.92 Å². The molecule has 0 aromatic rings. The zero-order chi connectivity index (χ0) is 8.69. The van der Waals surface area contributed by atoms with Crippen molar-refractivity contribution in [2.24, 2.45) is 11.7 Å². The van der Waals surface area contributed by atoms with Crippen molar-refractivity contribution in [2.75, 3.05) is 19.7 Å². The van der Waals surface area contributed by atoms with E-state index >= 15 is 0 Å². The van der Waals surface area contributed by atoms with Crippen LogP contribution in [0.5, 0.6) is 0 Å². The topological polar surface area (TPSA) is 75.3 Å². The molecule has 0 saturated carbocycles. The van der Waals surface area contributed by atoms with Gasteiger partial charge in [-0.1, -0.05) is 6.92 Å². The number of aliphatic hydroxyl groups excluding tert-OH is 1. The van der Waals surface area contributed by atoms with Gasteiger partial charge in [0.05, 0.1) is 6.54 Å². The van der Waals surface area contributed by atoms with Gasteiger partial charge in [-0.05, 0) is 18.9 Å². The van der Waals surface area contributed by atoms with Gasteiger partial charge in [0.2, 0.25) is 5.91 Å². The number of hydrogen-bond acceptors (Lipinski definition) is 3. The summed E-state index contributed by atoms with van der Waals surface area (Å²) < 4.78 is 0. The van der Waals surface area contributed by atoms with Gasteiger partial charge in [0, 0.05) is 6.61 Å². The standard InChI is InChI=1S/C7H16N2O2/c1-6(2-3-10)4-9-5-7(8)11/h6,9-10H,2-5H2,1H3,(H2,8,11). The summed E-state index contributed by atoms with van der Waals surface area (Å²) in [4.78, 5) is 10.2. The Hall–Kier alpha value is -0.610. The highest BCUT2D eigenvalue weighted by Gasteiger charge is 2.00. The molecule has 0 saturated heterocycles. The zero-order valence-corrected chi connectivity index (χ0v) is 6.84. The van der Waals surface area contributed by atoms with E-state index in [1.54, 1.807) is 0 Å². The Labute approximate surface area is 66.8 Å². The lowest BCUT2D eigenvalue weighted by Gasteiger charge is -2.08. The summed E-state index contributed by atoms with van der Waals surface area (Å²) in [6.07, 6.45) is 0.756. The fraction of sp³-hybridized carbons (Fsp3) is 0.857. The maximum absolute atomic E-state index is 10.2. The van der Waals surface area contributed by atoms with Gasteiger partial charge in [-0.25, -0.2) is 0 Å². The fourth-order valence-corrected chi connectivity index (χ4v) is 0.764. The molecule has 1 unspecified atom stereocenters. The van der Waals surface area contributed by atoms with Gasteiger partial charge < -0.3 is 16.2 Å². The van der Waals surface area contributed by atoms with Crippen LogP contribution < -0.4 is 11.1 Å². The molecule has 1 atom stereocenters. The van der Waals surface area contributed by atoms with Gasteiger partial charge >= 0.3 is 0 Å². The fourth-order valence-electron chi connectivity index (χ4n) is 0.764. The van der Waals surface area contributed by atoms with Gasteiger partial charge in [-0.3, -0.25) is 4.79 Å². The zero-order valence-electron chi connectivity index (χ0n) is 6.84. The van der Waals surface area contributed by atoms with E-state index in [-0.39, 0.29) is 19.1 Å². The normalized spacial score (nSPS) is 12.9. The predicted molar refractivity (Wildman–Crippen MR) is 42.9 cm³/mol. The van der Waals surface area contributed by atoms with E-state index in [9.17, 15) is 4.79 Å². The van der Waals surface area contributed by atoms with Crippen molar-refractivity contribution in [3.8, 4) is 0 Å². The molecule has 0 heterocycles. The number of nitrogens with two attached hydrogens (primary N) is 1. The summed E-state index contributed by atoms with van der Waals surface area (Å²) in [5, 5.41) is 11.4. The lowest BCUT2D eigenvalue weighted by molar-refractivity contribution is -0.117. The van der Waals surface area contributed by atoms with Gasteiger partial charge in [0.15, 0.2) is 0 Å². The van der Waals surface area contributed by atoms with Crippen LogP contribution >= 0.6 is 0 Å². The van der Waals surface area contributed by atoms with Gasteiger partial charge in [-0.2, -0.15) is 0 Å².